The Labute approximate surface area is 201 Å². The van der Waals surface area contributed by atoms with Crippen LogP contribution in [0.15, 0.2) is 35.7 Å². The summed E-state index contributed by atoms with van der Waals surface area (Å²) in [4.78, 5) is 41.3. The molecule has 0 spiro atoms. The number of benzene rings is 1. The minimum absolute atomic E-state index is 0.0926. The SMILES string of the molecule is CCC(=O)CCCCC[C@H](NC(=O)CCC(C)C)C(=O)NCc1csc(-c2ccccc2)n1. The molecule has 0 saturated heterocycles. The van der Waals surface area contributed by atoms with Crippen molar-refractivity contribution < 1.29 is 14.4 Å². The van der Waals surface area contributed by atoms with Crippen molar-refractivity contribution in [3.05, 3.63) is 41.4 Å². The Balaban J connectivity index is 1.89. The highest BCUT2D eigenvalue weighted by Gasteiger charge is 2.20. The summed E-state index contributed by atoms with van der Waals surface area (Å²) >= 11 is 1.55. The van der Waals surface area contributed by atoms with Crippen molar-refractivity contribution in [2.45, 2.75) is 84.7 Å². The van der Waals surface area contributed by atoms with E-state index in [1.54, 1.807) is 11.3 Å². The Morgan fingerprint density at radius 1 is 1.00 bits per heavy atom. The van der Waals surface area contributed by atoms with Gasteiger partial charge in [0.05, 0.1) is 12.2 Å². The predicted octanol–water partition coefficient (Wildman–Crippen LogP) is 5.28. The topological polar surface area (TPSA) is 88.2 Å². The first-order chi connectivity index (χ1) is 15.9. The van der Waals surface area contributed by atoms with Crippen LogP contribution in [-0.2, 0) is 20.9 Å². The minimum Gasteiger partial charge on any atom is -0.349 e. The van der Waals surface area contributed by atoms with Crippen LogP contribution in [0.4, 0.5) is 0 Å². The van der Waals surface area contributed by atoms with E-state index in [4.69, 9.17) is 0 Å². The molecule has 7 heteroatoms. The number of unbranched alkanes of at least 4 members (excludes halogenated alkanes) is 2. The number of amides is 2. The number of nitrogens with one attached hydrogen (secondary N) is 2. The maximum atomic E-state index is 12.9. The highest BCUT2D eigenvalue weighted by atomic mass is 32.1. The van der Waals surface area contributed by atoms with Crippen LogP contribution in [0.2, 0.25) is 0 Å². The Hall–Kier alpha value is -2.54. The predicted molar refractivity (Wildman–Crippen MR) is 134 cm³/mol. The Bertz CT molecular complexity index is 880. The van der Waals surface area contributed by atoms with E-state index in [0.717, 1.165) is 41.9 Å². The van der Waals surface area contributed by atoms with Gasteiger partial charge < -0.3 is 10.6 Å². The fourth-order valence-electron chi connectivity index (χ4n) is 3.38. The van der Waals surface area contributed by atoms with Gasteiger partial charge in [0, 0.05) is 30.2 Å². The molecule has 6 nitrogen and oxygen atoms in total. The molecule has 0 saturated carbocycles. The molecule has 0 radical (unpaired) electrons. The summed E-state index contributed by atoms with van der Waals surface area (Å²) in [7, 11) is 0. The third-order valence-corrected chi connectivity index (χ3v) is 6.40. The van der Waals surface area contributed by atoms with E-state index in [0.29, 0.717) is 38.1 Å². The number of nitrogens with zero attached hydrogens (tertiary/aromatic N) is 1. The first kappa shape index (κ1) is 26.7. The van der Waals surface area contributed by atoms with Crippen LogP contribution in [0, 0.1) is 5.92 Å². The number of hydrogen-bond donors (Lipinski definition) is 2. The van der Waals surface area contributed by atoms with Gasteiger partial charge in [-0.1, -0.05) is 63.9 Å². The van der Waals surface area contributed by atoms with Crippen molar-refractivity contribution in [1.82, 2.24) is 15.6 Å². The summed E-state index contributed by atoms with van der Waals surface area (Å²) in [6.45, 7) is 6.35. The van der Waals surface area contributed by atoms with E-state index in [2.05, 4.69) is 29.5 Å². The van der Waals surface area contributed by atoms with E-state index in [1.807, 2.05) is 42.6 Å². The molecule has 33 heavy (non-hydrogen) atoms. The number of thiazole rings is 1. The van der Waals surface area contributed by atoms with Crippen LogP contribution in [0.25, 0.3) is 10.6 Å². The number of Topliss-reactive ketones (excluding diaryl/α,β-unsaturated/α-hetero) is 1. The molecule has 0 aliphatic heterocycles. The van der Waals surface area contributed by atoms with E-state index in [1.165, 1.54) is 0 Å². The molecule has 2 aromatic rings. The average molecular weight is 472 g/mol. The lowest BCUT2D eigenvalue weighted by atomic mass is 10.0. The second-order valence-corrected chi connectivity index (χ2v) is 9.63. The van der Waals surface area contributed by atoms with Crippen LogP contribution < -0.4 is 10.6 Å². The Morgan fingerprint density at radius 3 is 2.45 bits per heavy atom. The molecule has 2 amide bonds. The Morgan fingerprint density at radius 2 is 1.76 bits per heavy atom. The lowest BCUT2D eigenvalue weighted by molar-refractivity contribution is -0.129. The number of carbonyl (C=O) groups is 3. The van der Waals surface area contributed by atoms with Gasteiger partial charge in [-0.05, 0) is 25.2 Å². The number of ketones is 1. The minimum atomic E-state index is -0.571. The van der Waals surface area contributed by atoms with Gasteiger partial charge in [0.1, 0.15) is 16.8 Å². The number of aromatic nitrogens is 1. The molecule has 1 atom stereocenters. The number of rotatable bonds is 15. The molecule has 0 bridgehead atoms. The van der Waals surface area contributed by atoms with Crippen LogP contribution in [0.5, 0.6) is 0 Å². The van der Waals surface area contributed by atoms with Gasteiger partial charge in [-0.3, -0.25) is 14.4 Å². The van der Waals surface area contributed by atoms with E-state index in [-0.39, 0.29) is 17.6 Å². The fraction of sp³-hybridized carbons (Fsp3) is 0.538. The average Bonchev–Trinajstić information content (AvgIpc) is 3.29. The zero-order valence-electron chi connectivity index (χ0n) is 20.1. The lowest BCUT2D eigenvalue weighted by Gasteiger charge is -2.18. The van der Waals surface area contributed by atoms with Crippen molar-refractivity contribution in [3.8, 4) is 10.6 Å². The molecule has 1 aromatic heterocycles. The van der Waals surface area contributed by atoms with Gasteiger partial charge >= 0.3 is 0 Å². The first-order valence-corrected chi connectivity index (χ1v) is 12.9. The highest BCUT2D eigenvalue weighted by molar-refractivity contribution is 7.13. The van der Waals surface area contributed by atoms with Gasteiger partial charge in [0.2, 0.25) is 11.8 Å². The summed E-state index contributed by atoms with van der Waals surface area (Å²) in [5, 5.41) is 8.72. The molecule has 2 N–H and O–H groups in total. The molecule has 0 unspecified atom stereocenters. The molecular formula is C26H37N3O3S. The van der Waals surface area contributed by atoms with Gasteiger partial charge in [0.25, 0.3) is 0 Å². The van der Waals surface area contributed by atoms with Crippen LogP contribution in [0.3, 0.4) is 0 Å². The van der Waals surface area contributed by atoms with Gasteiger partial charge in [-0.25, -0.2) is 4.98 Å². The van der Waals surface area contributed by atoms with Crippen molar-refractivity contribution in [2.24, 2.45) is 5.92 Å². The molecule has 2 rings (SSSR count). The van der Waals surface area contributed by atoms with Crippen LogP contribution in [-0.4, -0.2) is 28.6 Å². The molecular weight excluding hydrogens is 434 g/mol. The van der Waals surface area contributed by atoms with Crippen molar-refractivity contribution >= 4 is 28.9 Å². The third-order valence-electron chi connectivity index (χ3n) is 5.46. The molecule has 0 aliphatic rings. The van der Waals surface area contributed by atoms with Crippen LogP contribution >= 0.6 is 11.3 Å². The maximum absolute atomic E-state index is 12.9. The third kappa shape index (κ3) is 10.3. The molecule has 0 aliphatic carbocycles. The van der Waals surface area contributed by atoms with Crippen molar-refractivity contribution in [2.75, 3.05) is 0 Å². The first-order valence-electron chi connectivity index (χ1n) is 12.0. The van der Waals surface area contributed by atoms with Crippen LogP contribution in [0.1, 0.15) is 77.8 Å². The highest BCUT2D eigenvalue weighted by Crippen LogP contribution is 2.23. The second kappa shape index (κ2) is 14.6. The van der Waals surface area contributed by atoms with Gasteiger partial charge in [-0.2, -0.15) is 0 Å². The Kier molecular flexibility index (Phi) is 11.8. The fourth-order valence-corrected chi connectivity index (χ4v) is 4.21. The summed E-state index contributed by atoms with van der Waals surface area (Å²) in [5.41, 5.74) is 1.85. The smallest absolute Gasteiger partial charge is 0.242 e. The van der Waals surface area contributed by atoms with E-state index < -0.39 is 6.04 Å². The van der Waals surface area contributed by atoms with E-state index in [9.17, 15) is 14.4 Å². The van der Waals surface area contributed by atoms with Gasteiger partial charge in [-0.15, -0.1) is 11.3 Å². The maximum Gasteiger partial charge on any atom is 0.242 e. The monoisotopic (exact) mass is 471 g/mol. The number of carbonyl (C=O) groups excluding carboxylic acids is 3. The summed E-state index contributed by atoms with van der Waals surface area (Å²) in [5.74, 6) is 0.420. The van der Waals surface area contributed by atoms with Crippen molar-refractivity contribution in [1.29, 1.82) is 0 Å². The normalized spacial score (nSPS) is 11.9. The second-order valence-electron chi connectivity index (χ2n) is 8.77. The lowest BCUT2D eigenvalue weighted by Crippen LogP contribution is -2.46. The summed E-state index contributed by atoms with van der Waals surface area (Å²) < 4.78 is 0. The summed E-state index contributed by atoms with van der Waals surface area (Å²) in [6.07, 6.45) is 5.40. The number of hydrogen-bond acceptors (Lipinski definition) is 5. The summed E-state index contributed by atoms with van der Waals surface area (Å²) in [6, 6.07) is 9.37. The zero-order chi connectivity index (χ0) is 24.1. The molecule has 0 fully saturated rings. The quantitative estimate of drug-likeness (QED) is 0.346. The standard InChI is InChI=1S/C26H37N3O3S/c1-4-22(30)13-9-6-10-14-23(29-24(31)16-15-19(2)3)25(32)27-17-21-18-33-26(28-21)20-11-7-5-8-12-20/h5,7-8,11-12,18-19,23H,4,6,9-10,13-17H2,1-3H3,(H,27,32)(H,29,31)/t23-/m0/s1. The zero-order valence-corrected chi connectivity index (χ0v) is 20.9. The van der Waals surface area contributed by atoms with Crippen molar-refractivity contribution in [3.63, 3.8) is 0 Å². The molecule has 1 heterocycles. The largest absolute Gasteiger partial charge is 0.349 e. The van der Waals surface area contributed by atoms with Gasteiger partial charge in [0.15, 0.2) is 0 Å². The molecule has 1 aromatic carbocycles. The molecule has 180 valence electrons. The van der Waals surface area contributed by atoms with E-state index >= 15 is 0 Å².